The zero-order valence-corrected chi connectivity index (χ0v) is 20.2. The molecule has 0 radical (unpaired) electrons. The monoisotopic (exact) mass is 529 g/mol. The number of alkyl halides is 5. The van der Waals surface area contributed by atoms with E-state index in [2.05, 4.69) is 5.32 Å². The topological polar surface area (TPSA) is 99.1 Å². The van der Waals surface area contributed by atoms with Gasteiger partial charge in [0.25, 0.3) is 0 Å². The molecule has 12 heteroatoms. The van der Waals surface area contributed by atoms with Gasteiger partial charge in [-0.3, -0.25) is 10.1 Å². The minimum atomic E-state index is -4.92. The number of nitriles is 1. The van der Waals surface area contributed by atoms with Crippen molar-refractivity contribution in [1.82, 2.24) is 10.6 Å². The normalized spacial score (nSPS) is 17.1. The Morgan fingerprint density at radius 3 is 1.92 bits per heavy atom. The van der Waals surface area contributed by atoms with Crippen molar-refractivity contribution in [3.05, 3.63) is 54.1 Å². The molecule has 0 aromatic heterocycles. The van der Waals surface area contributed by atoms with E-state index in [4.69, 9.17) is 5.26 Å². The molecule has 0 spiro atoms. The Balaban J connectivity index is 1.86. The number of rotatable bonds is 9. The van der Waals surface area contributed by atoms with Crippen molar-refractivity contribution in [1.29, 1.82) is 5.26 Å². The Labute approximate surface area is 205 Å². The zero-order chi connectivity index (χ0) is 26.9. The van der Waals surface area contributed by atoms with Crippen molar-refractivity contribution in [3.8, 4) is 17.2 Å². The number of halogens is 5. The number of hydrogen-bond donors (Lipinski definition) is 2. The molecular formula is C24H24F5N3O3S. The van der Waals surface area contributed by atoms with Crippen LogP contribution in [0, 0.1) is 11.3 Å². The quantitative estimate of drug-likeness (QED) is 0.465. The third-order valence-electron chi connectivity index (χ3n) is 5.76. The van der Waals surface area contributed by atoms with E-state index in [0.29, 0.717) is 30.9 Å². The van der Waals surface area contributed by atoms with E-state index in [0.717, 1.165) is 18.4 Å². The minimum Gasteiger partial charge on any atom is -0.336 e. The smallest absolute Gasteiger partial charge is 0.336 e. The molecule has 1 aliphatic carbocycles. The van der Waals surface area contributed by atoms with E-state index in [1.165, 1.54) is 36.4 Å². The highest BCUT2D eigenvalue weighted by Crippen LogP contribution is 2.37. The summed E-state index contributed by atoms with van der Waals surface area (Å²) in [5.74, 6) is -4.55. The van der Waals surface area contributed by atoms with Gasteiger partial charge in [0.05, 0.1) is 17.0 Å². The average molecular weight is 530 g/mol. The zero-order valence-electron chi connectivity index (χ0n) is 19.4. The molecule has 0 heterocycles. The molecule has 0 aliphatic heterocycles. The lowest BCUT2D eigenvalue weighted by atomic mass is 9.98. The highest BCUT2D eigenvalue weighted by Gasteiger charge is 2.48. The molecule has 2 aromatic rings. The first-order chi connectivity index (χ1) is 16.5. The summed E-state index contributed by atoms with van der Waals surface area (Å²) in [7, 11) is -3.41. The standard InChI is InChI=1S/C24H24F5N3O3S/c1-22(25,26)13-19(21(33)32-23(14-30)11-12-23)31-20(24(27,28)29)17-5-3-15(4-6-17)16-7-9-18(10-8-16)36(2,34)35/h3-10,19-20,31H,11-13H2,1-2H3,(H,32,33)/t19-,20-/m0/s1. The summed E-state index contributed by atoms with van der Waals surface area (Å²) in [6.07, 6.45) is -4.49. The second-order valence-electron chi connectivity index (χ2n) is 9.07. The fourth-order valence-electron chi connectivity index (χ4n) is 3.64. The first kappa shape index (κ1) is 27.5. The number of carbonyl (C=O) groups is 1. The third kappa shape index (κ3) is 7.01. The summed E-state index contributed by atoms with van der Waals surface area (Å²) in [4.78, 5) is 12.7. The Kier molecular flexibility index (Phi) is 7.49. The summed E-state index contributed by atoms with van der Waals surface area (Å²) in [5, 5.41) is 13.5. The van der Waals surface area contributed by atoms with E-state index in [1.54, 1.807) is 0 Å². The fraction of sp³-hybridized carbons (Fsp3) is 0.417. The van der Waals surface area contributed by atoms with Gasteiger partial charge < -0.3 is 5.32 Å². The molecule has 0 unspecified atom stereocenters. The van der Waals surface area contributed by atoms with Crippen LogP contribution in [-0.2, 0) is 14.6 Å². The van der Waals surface area contributed by atoms with Crippen LogP contribution in [0.25, 0.3) is 11.1 Å². The van der Waals surface area contributed by atoms with Crippen LogP contribution in [-0.4, -0.2) is 44.3 Å². The molecule has 2 atom stereocenters. The molecule has 1 fully saturated rings. The van der Waals surface area contributed by atoms with E-state index in [-0.39, 0.29) is 10.5 Å². The van der Waals surface area contributed by atoms with Crippen molar-refractivity contribution < 1.29 is 35.2 Å². The maximum atomic E-state index is 14.0. The van der Waals surface area contributed by atoms with Crippen LogP contribution in [0.15, 0.2) is 53.4 Å². The number of carbonyl (C=O) groups excluding carboxylic acids is 1. The SMILES string of the molecule is CC(F)(F)C[C@H](N[C@@H](c1ccc(-c2ccc(S(C)(=O)=O)cc2)cc1)C(F)(F)F)C(=O)NC1(C#N)CC1. The predicted octanol–water partition coefficient (Wildman–Crippen LogP) is 4.54. The number of hydrogen-bond acceptors (Lipinski definition) is 5. The molecule has 2 N–H and O–H groups in total. The Morgan fingerprint density at radius 1 is 1.03 bits per heavy atom. The highest BCUT2D eigenvalue weighted by atomic mass is 32.2. The van der Waals surface area contributed by atoms with E-state index < -0.39 is 51.9 Å². The lowest BCUT2D eigenvalue weighted by Gasteiger charge is -2.29. The van der Waals surface area contributed by atoms with Gasteiger partial charge in [-0.25, -0.2) is 17.2 Å². The highest BCUT2D eigenvalue weighted by molar-refractivity contribution is 7.90. The van der Waals surface area contributed by atoms with E-state index in [1.807, 2.05) is 11.4 Å². The second-order valence-corrected chi connectivity index (χ2v) is 11.1. The van der Waals surface area contributed by atoms with Gasteiger partial charge in [0, 0.05) is 12.7 Å². The summed E-state index contributed by atoms with van der Waals surface area (Å²) < 4.78 is 92.6. The summed E-state index contributed by atoms with van der Waals surface area (Å²) in [6, 6.07) is 8.34. The number of nitrogens with zero attached hydrogens (tertiary/aromatic N) is 1. The van der Waals surface area contributed by atoms with Gasteiger partial charge in [0.15, 0.2) is 9.84 Å². The molecule has 36 heavy (non-hydrogen) atoms. The molecule has 2 aromatic carbocycles. The van der Waals surface area contributed by atoms with Crippen molar-refractivity contribution in [3.63, 3.8) is 0 Å². The van der Waals surface area contributed by atoms with Gasteiger partial charge in [0.1, 0.15) is 11.6 Å². The van der Waals surface area contributed by atoms with Gasteiger partial charge in [-0.2, -0.15) is 18.4 Å². The molecule has 1 saturated carbocycles. The maximum absolute atomic E-state index is 14.0. The number of benzene rings is 2. The Hall–Kier alpha value is -3.04. The number of sulfone groups is 1. The van der Waals surface area contributed by atoms with Crippen molar-refractivity contribution in [2.75, 3.05) is 6.26 Å². The summed E-state index contributed by atoms with van der Waals surface area (Å²) in [6.45, 7) is 0.499. The lowest BCUT2D eigenvalue weighted by Crippen LogP contribution is -2.53. The van der Waals surface area contributed by atoms with Gasteiger partial charge in [-0.1, -0.05) is 36.4 Å². The molecule has 0 bridgehead atoms. The summed E-state index contributed by atoms with van der Waals surface area (Å²) >= 11 is 0. The van der Waals surface area contributed by atoms with Crippen LogP contribution >= 0.6 is 0 Å². The van der Waals surface area contributed by atoms with Crippen LogP contribution in [0.3, 0.4) is 0 Å². The van der Waals surface area contributed by atoms with Crippen LogP contribution < -0.4 is 10.6 Å². The number of amides is 1. The van der Waals surface area contributed by atoms with Gasteiger partial charge in [-0.15, -0.1) is 0 Å². The van der Waals surface area contributed by atoms with Gasteiger partial charge in [-0.05, 0) is 48.6 Å². The second kappa shape index (κ2) is 9.78. The van der Waals surface area contributed by atoms with Gasteiger partial charge in [0.2, 0.25) is 11.8 Å². The van der Waals surface area contributed by atoms with Crippen LogP contribution in [0.4, 0.5) is 22.0 Å². The molecular weight excluding hydrogens is 505 g/mol. The molecule has 6 nitrogen and oxygen atoms in total. The van der Waals surface area contributed by atoms with E-state index in [9.17, 15) is 35.2 Å². The van der Waals surface area contributed by atoms with E-state index >= 15 is 0 Å². The molecule has 3 rings (SSSR count). The first-order valence-corrected chi connectivity index (χ1v) is 12.8. The minimum absolute atomic E-state index is 0.0885. The maximum Gasteiger partial charge on any atom is 0.407 e. The van der Waals surface area contributed by atoms with Crippen LogP contribution in [0.1, 0.15) is 37.8 Å². The lowest BCUT2D eigenvalue weighted by molar-refractivity contribution is -0.162. The Bertz CT molecular complexity index is 1240. The van der Waals surface area contributed by atoms with Crippen molar-refractivity contribution in [2.45, 2.75) is 60.8 Å². The fourth-order valence-corrected chi connectivity index (χ4v) is 4.27. The van der Waals surface area contributed by atoms with Crippen molar-refractivity contribution >= 4 is 15.7 Å². The van der Waals surface area contributed by atoms with Gasteiger partial charge >= 0.3 is 6.18 Å². The molecule has 194 valence electrons. The number of nitrogens with one attached hydrogen (secondary N) is 2. The van der Waals surface area contributed by atoms with Crippen LogP contribution in [0.5, 0.6) is 0 Å². The van der Waals surface area contributed by atoms with Crippen LogP contribution in [0.2, 0.25) is 0 Å². The predicted molar refractivity (Wildman–Crippen MR) is 122 cm³/mol. The molecule has 0 saturated heterocycles. The third-order valence-corrected chi connectivity index (χ3v) is 6.89. The van der Waals surface area contributed by atoms with Crippen molar-refractivity contribution in [2.24, 2.45) is 0 Å². The first-order valence-electron chi connectivity index (χ1n) is 10.9. The average Bonchev–Trinajstić information content (AvgIpc) is 3.54. The molecule has 1 amide bonds. The Morgan fingerprint density at radius 2 is 1.53 bits per heavy atom. The largest absolute Gasteiger partial charge is 0.407 e. The summed E-state index contributed by atoms with van der Waals surface area (Å²) in [5.41, 5.74) is -0.488. The molecule has 1 aliphatic rings.